The van der Waals surface area contributed by atoms with E-state index >= 15 is 0 Å². The summed E-state index contributed by atoms with van der Waals surface area (Å²) >= 11 is 3.20. The Balaban J connectivity index is 2.39. The van der Waals surface area contributed by atoms with Crippen LogP contribution in [-0.2, 0) is 11.3 Å². The van der Waals surface area contributed by atoms with Gasteiger partial charge in [-0.05, 0) is 25.5 Å². The van der Waals surface area contributed by atoms with E-state index in [1.165, 1.54) is 22.2 Å². The summed E-state index contributed by atoms with van der Waals surface area (Å²) in [4.78, 5) is 11.4. The van der Waals surface area contributed by atoms with E-state index in [2.05, 4.69) is 52.5 Å². The summed E-state index contributed by atoms with van der Waals surface area (Å²) in [5.41, 5.74) is 3.80. The number of aromatic nitrogens is 1. The van der Waals surface area contributed by atoms with Gasteiger partial charge < -0.3 is 4.57 Å². The molecule has 0 saturated heterocycles. The van der Waals surface area contributed by atoms with Gasteiger partial charge in [0.1, 0.15) is 5.78 Å². The van der Waals surface area contributed by atoms with Crippen molar-refractivity contribution >= 4 is 32.6 Å². The van der Waals surface area contributed by atoms with E-state index in [0.29, 0.717) is 11.8 Å². The number of rotatable bonds is 4. The number of nitrogens with zero attached hydrogens (tertiary/aromatic N) is 1. The van der Waals surface area contributed by atoms with Gasteiger partial charge in [-0.15, -0.1) is 0 Å². The monoisotopic (exact) mass is 293 g/mol. The molecule has 0 saturated carbocycles. The molecule has 2 nitrogen and oxygen atoms in total. The predicted octanol–water partition coefficient (Wildman–Crippen LogP) is 3.61. The Morgan fingerprint density at radius 2 is 2.00 bits per heavy atom. The Bertz CT molecular complexity index is 557. The van der Waals surface area contributed by atoms with Gasteiger partial charge in [-0.3, -0.25) is 4.79 Å². The summed E-state index contributed by atoms with van der Waals surface area (Å²) in [5, 5.41) is 1.74. The van der Waals surface area contributed by atoms with E-state index < -0.39 is 0 Å². The third-order valence-corrected chi connectivity index (χ3v) is 3.94. The highest BCUT2D eigenvalue weighted by Crippen LogP contribution is 2.25. The highest BCUT2D eigenvalue weighted by Gasteiger charge is 2.10. The van der Waals surface area contributed by atoms with Gasteiger partial charge in [0, 0.05) is 29.6 Å². The van der Waals surface area contributed by atoms with Crippen LogP contribution in [0.15, 0.2) is 24.3 Å². The molecule has 17 heavy (non-hydrogen) atoms. The molecular formula is C14H16BrNO. The van der Waals surface area contributed by atoms with Crippen LogP contribution >= 0.6 is 15.9 Å². The Morgan fingerprint density at radius 3 is 2.71 bits per heavy atom. The first-order chi connectivity index (χ1) is 8.15. The quantitative estimate of drug-likeness (QED) is 0.790. The summed E-state index contributed by atoms with van der Waals surface area (Å²) < 4.78 is 2.24. The van der Waals surface area contributed by atoms with Gasteiger partial charge in [-0.25, -0.2) is 0 Å². The Morgan fingerprint density at radius 1 is 1.29 bits per heavy atom. The molecule has 90 valence electrons. The number of ketones is 1. The number of alkyl halides is 1. The minimum Gasteiger partial charge on any atom is -0.344 e. The molecule has 2 aromatic rings. The lowest BCUT2D eigenvalue weighted by Crippen LogP contribution is -2.07. The van der Waals surface area contributed by atoms with E-state index in [1.54, 1.807) is 0 Å². The molecule has 0 bridgehead atoms. The van der Waals surface area contributed by atoms with Gasteiger partial charge in [0.05, 0.1) is 5.33 Å². The third-order valence-electron chi connectivity index (χ3n) is 3.31. The highest BCUT2D eigenvalue weighted by molar-refractivity contribution is 9.09. The van der Waals surface area contributed by atoms with E-state index in [-0.39, 0.29) is 5.78 Å². The first-order valence-corrected chi connectivity index (χ1v) is 6.89. The maximum Gasteiger partial charge on any atom is 0.145 e. The van der Waals surface area contributed by atoms with Crippen LogP contribution in [0.2, 0.25) is 0 Å². The average molecular weight is 294 g/mol. The molecule has 1 heterocycles. The molecule has 0 amide bonds. The molecule has 0 unspecified atom stereocenters. The average Bonchev–Trinajstić information content (AvgIpc) is 2.60. The maximum absolute atomic E-state index is 11.4. The van der Waals surface area contributed by atoms with Crippen LogP contribution in [0.25, 0.3) is 10.9 Å². The molecule has 0 fully saturated rings. The Hall–Kier alpha value is -1.09. The number of carbonyl (C=O) groups is 1. The summed E-state index contributed by atoms with van der Waals surface area (Å²) in [6.45, 7) is 5.03. The van der Waals surface area contributed by atoms with Crippen molar-refractivity contribution in [2.45, 2.75) is 26.8 Å². The lowest BCUT2D eigenvalue weighted by Gasteiger charge is -2.07. The number of Topliss-reactive ketones (excluding diaryl/α,β-unsaturated/α-hetero) is 1. The molecule has 0 radical (unpaired) electrons. The number of benzene rings is 1. The number of aryl methyl sites for hydroxylation is 2. The number of fused-ring (bicyclic) bond motifs is 1. The minimum absolute atomic E-state index is 0.250. The second kappa shape index (κ2) is 5.05. The summed E-state index contributed by atoms with van der Waals surface area (Å²) in [6, 6.07) is 8.36. The maximum atomic E-state index is 11.4. The molecule has 0 aliphatic rings. The first-order valence-electron chi connectivity index (χ1n) is 5.77. The van der Waals surface area contributed by atoms with E-state index in [1.807, 2.05) is 6.07 Å². The number of hydrogen-bond donors (Lipinski definition) is 0. The molecule has 3 heteroatoms. The van der Waals surface area contributed by atoms with Gasteiger partial charge in [0.2, 0.25) is 0 Å². The van der Waals surface area contributed by atoms with Gasteiger partial charge in [-0.2, -0.15) is 0 Å². The van der Waals surface area contributed by atoms with Crippen LogP contribution in [0.4, 0.5) is 0 Å². The van der Waals surface area contributed by atoms with Crippen LogP contribution in [0, 0.1) is 13.8 Å². The number of hydrogen-bond acceptors (Lipinski definition) is 1. The zero-order valence-electron chi connectivity index (χ0n) is 10.2. The SMILES string of the molecule is Cc1c(C)n(CCC(=O)CBr)c2ccccc12. The minimum atomic E-state index is 0.250. The fourth-order valence-electron chi connectivity index (χ4n) is 2.20. The largest absolute Gasteiger partial charge is 0.344 e. The van der Waals surface area contributed by atoms with E-state index in [0.717, 1.165) is 6.54 Å². The van der Waals surface area contributed by atoms with E-state index in [9.17, 15) is 4.79 Å². The summed E-state index contributed by atoms with van der Waals surface area (Å²) in [5.74, 6) is 0.250. The van der Waals surface area contributed by atoms with Crippen molar-refractivity contribution in [3.63, 3.8) is 0 Å². The van der Waals surface area contributed by atoms with Crippen LogP contribution < -0.4 is 0 Å². The number of carbonyl (C=O) groups excluding carboxylic acids is 1. The summed E-state index contributed by atoms with van der Waals surface area (Å²) in [7, 11) is 0. The smallest absolute Gasteiger partial charge is 0.145 e. The zero-order valence-corrected chi connectivity index (χ0v) is 11.8. The molecular weight excluding hydrogens is 278 g/mol. The van der Waals surface area contributed by atoms with Crippen LogP contribution in [0.5, 0.6) is 0 Å². The molecule has 0 aliphatic carbocycles. The molecule has 0 spiro atoms. The third kappa shape index (κ3) is 2.29. The lowest BCUT2D eigenvalue weighted by molar-refractivity contribution is -0.116. The van der Waals surface area contributed by atoms with Crippen molar-refractivity contribution in [1.82, 2.24) is 4.57 Å². The van der Waals surface area contributed by atoms with Gasteiger partial charge in [-0.1, -0.05) is 34.1 Å². The number of halogens is 1. The first kappa shape index (κ1) is 12.4. The standard InChI is InChI=1S/C14H16BrNO/c1-10-11(2)16(8-7-12(17)9-15)14-6-4-3-5-13(10)14/h3-6H,7-9H2,1-2H3. The fourth-order valence-corrected chi connectivity index (χ4v) is 2.48. The Labute approximate surface area is 110 Å². The van der Waals surface area contributed by atoms with Crippen molar-refractivity contribution in [3.05, 3.63) is 35.5 Å². The predicted molar refractivity (Wildman–Crippen MR) is 74.8 cm³/mol. The highest BCUT2D eigenvalue weighted by atomic mass is 79.9. The summed E-state index contributed by atoms with van der Waals surface area (Å²) in [6.07, 6.45) is 0.588. The molecule has 0 atom stereocenters. The Kier molecular flexibility index (Phi) is 3.67. The second-order valence-electron chi connectivity index (χ2n) is 4.30. The number of para-hydroxylation sites is 1. The second-order valence-corrected chi connectivity index (χ2v) is 4.86. The van der Waals surface area contributed by atoms with Crippen molar-refractivity contribution in [2.24, 2.45) is 0 Å². The van der Waals surface area contributed by atoms with E-state index in [4.69, 9.17) is 0 Å². The lowest BCUT2D eigenvalue weighted by atomic mass is 10.2. The van der Waals surface area contributed by atoms with Crippen molar-refractivity contribution in [2.75, 3.05) is 5.33 Å². The van der Waals surface area contributed by atoms with Gasteiger partial charge in [0.25, 0.3) is 0 Å². The van der Waals surface area contributed by atoms with Crippen molar-refractivity contribution in [3.8, 4) is 0 Å². The zero-order chi connectivity index (χ0) is 12.4. The normalized spacial score (nSPS) is 11.0. The fraction of sp³-hybridized carbons (Fsp3) is 0.357. The molecule has 0 aliphatic heterocycles. The van der Waals surface area contributed by atoms with Gasteiger partial charge in [0.15, 0.2) is 0 Å². The van der Waals surface area contributed by atoms with Crippen LogP contribution in [0.3, 0.4) is 0 Å². The van der Waals surface area contributed by atoms with Crippen LogP contribution in [-0.4, -0.2) is 15.7 Å². The topological polar surface area (TPSA) is 22.0 Å². The molecule has 1 aromatic heterocycles. The molecule has 0 N–H and O–H groups in total. The molecule has 1 aromatic carbocycles. The van der Waals surface area contributed by atoms with Gasteiger partial charge >= 0.3 is 0 Å². The van der Waals surface area contributed by atoms with Crippen molar-refractivity contribution in [1.29, 1.82) is 0 Å². The van der Waals surface area contributed by atoms with Crippen LogP contribution in [0.1, 0.15) is 17.7 Å². The molecule has 2 rings (SSSR count). The van der Waals surface area contributed by atoms with Crippen molar-refractivity contribution < 1.29 is 4.79 Å².